The van der Waals surface area contributed by atoms with Crippen molar-refractivity contribution in [2.24, 2.45) is 0 Å². The molecular weight excluding hydrogens is 741 g/mol. The predicted octanol–water partition coefficient (Wildman–Crippen LogP) is 15.8. The normalized spacial score (nSPS) is 13.6. The highest BCUT2D eigenvalue weighted by Gasteiger charge is 2.17. The highest BCUT2D eigenvalue weighted by molar-refractivity contribution is 5.70. The lowest BCUT2D eigenvalue weighted by molar-refractivity contribution is -0.162. The van der Waals surface area contributed by atoms with E-state index in [9.17, 15) is 9.59 Å². The van der Waals surface area contributed by atoms with Crippen LogP contribution in [0.3, 0.4) is 0 Å². The molecule has 0 saturated heterocycles. The van der Waals surface area contributed by atoms with Crippen molar-refractivity contribution in [3.05, 3.63) is 146 Å². The molecule has 0 N–H and O–H groups in total. The Bertz CT molecular complexity index is 1350. The summed E-state index contributed by atoms with van der Waals surface area (Å²) < 4.78 is 17.2. The number of carbonyl (C=O) groups excluding carboxylic acids is 2. The largest absolute Gasteiger partial charge is 0.462 e. The van der Waals surface area contributed by atoms with Gasteiger partial charge in [-0.05, 0) is 116 Å². The number of ether oxygens (including phenoxy) is 3. The van der Waals surface area contributed by atoms with E-state index in [1.54, 1.807) is 0 Å². The molecule has 0 aromatic heterocycles. The molecule has 5 nitrogen and oxygen atoms in total. The van der Waals surface area contributed by atoms with Crippen LogP contribution in [-0.2, 0) is 23.8 Å². The van der Waals surface area contributed by atoms with Gasteiger partial charge in [0.25, 0.3) is 0 Å². The molecule has 0 saturated carbocycles. The molecule has 0 spiro atoms. The summed E-state index contributed by atoms with van der Waals surface area (Å²) >= 11 is 0. The number of rotatable bonds is 40. The molecule has 1 unspecified atom stereocenters. The topological polar surface area (TPSA) is 61.8 Å². The Balaban J connectivity index is 4.52. The second-order valence-electron chi connectivity index (χ2n) is 14.5. The second-order valence-corrected chi connectivity index (χ2v) is 14.5. The summed E-state index contributed by atoms with van der Waals surface area (Å²) in [7, 11) is 0. The van der Waals surface area contributed by atoms with Crippen molar-refractivity contribution < 1.29 is 23.8 Å². The van der Waals surface area contributed by atoms with Crippen LogP contribution in [0.1, 0.15) is 162 Å². The molecule has 0 aromatic rings. The number of allylic oxidation sites excluding steroid dienone is 24. The predicted molar refractivity (Wildman–Crippen MR) is 260 cm³/mol. The lowest BCUT2D eigenvalue weighted by Gasteiger charge is -2.18. The van der Waals surface area contributed by atoms with Crippen molar-refractivity contribution in [1.29, 1.82) is 0 Å². The van der Waals surface area contributed by atoms with Crippen LogP contribution < -0.4 is 0 Å². The molecule has 0 bridgehead atoms. The van der Waals surface area contributed by atoms with Crippen LogP contribution in [0.5, 0.6) is 0 Å². The molecule has 0 fully saturated rings. The van der Waals surface area contributed by atoms with Crippen molar-refractivity contribution in [1.82, 2.24) is 0 Å². The van der Waals surface area contributed by atoms with Crippen molar-refractivity contribution in [2.45, 2.75) is 168 Å². The third kappa shape index (κ3) is 46.5. The summed E-state index contributed by atoms with van der Waals surface area (Å²) in [6.45, 7) is 7.20. The van der Waals surface area contributed by atoms with Gasteiger partial charge in [-0.2, -0.15) is 0 Å². The van der Waals surface area contributed by atoms with Crippen molar-refractivity contribution in [3.63, 3.8) is 0 Å². The number of hydrogen-bond acceptors (Lipinski definition) is 5. The second kappa shape index (κ2) is 49.1. The van der Waals surface area contributed by atoms with Gasteiger partial charge >= 0.3 is 11.9 Å². The van der Waals surface area contributed by atoms with Gasteiger partial charge < -0.3 is 14.2 Å². The maximum absolute atomic E-state index is 12.7. The van der Waals surface area contributed by atoms with Gasteiger partial charge in [-0.1, -0.05) is 179 Å². The third-order valence-electron chi connectivity index (χ3n) is 8.86. The smallest absolute Gasteiger partial charge is 0.306 e. The minimum absolute atomic E-state index is 0.0112. The monoisotopic (exact) mass is 825 g/mol. The SMILES string of the molecule is CC/C=C\C/C=C\C/C=C\C/C=C\CCCCCCC(=O)OCC(COCCC/C=C\C/C=C\C/C=C\C/C=C\CC)OC(=O)CC/C=C\C/C=C\C/C=C\C/C=C\CC. The van der Waals surface area contributed by atoms with E-state index in [1.807, 2.05) is 6.08 Å². The van der Waals surface area contributed by atoms with Gasteiger partial charge in [-0.25, -0.2) is 0 Å². The van der Waals surface area contributed by atoms with E-state index in [2.05, 4.69) is 161 Å². The molecular formula is C55H84O5. The third-order valence-corrected chi connectivity index (χ3v) is 8.86. The maximum atomic E-state index is 12.7. The quantitative estimate of drug-likeness (QED) is 0.0350. The first-order chi connectivity index (χ1) is 29.6. The van der Waals surface area contributed by atoms with Gasteiger partial charge in [-0.3, -0.25) is 9.59 Å². The molecule has 5 heteroatoms. The Hall–Kier alpha value is -4.22. The Morgan fingerprint density at radius 2 is 0.733 bits per heavy atom. The van der Waals surface area contributed by atoms with E-state index < -0.39 is 6.10 Å². The average Bonchev–Trinajstić information content (AvgIpc) is 3.25. The first-order valence-corrected chi connectivity index (χ1v) is 23.4. The molecule has 0 aliphatic heterocycles. The van der Waals surface area contributed by atoms with Crippen LogP contribution in [-0.4, -0.2) is 37.9 Å². The first kappa shape index (κ1) is 55.8. The summed E-state index contributed by atoms with van der Waals surface area (Å²) in [4.78, 5) is 25.3. The highest BCUT2D eigenvalue weighted by Crippen LogP contribution is 2.09. The molecule has 0 aliphatic carbocycles. The molecule has 0 aliphatic rings. The van der Waals surface area contributed by atoms with Crippen LogP contribution in [0.15, 0.2) is 146 Å². The lowest BCUT2D eigenvalue weighted by atomic mass is 10.1. The van der Waals surface area contributed by atoms with Crippen molar-refractivity contribution >= 4 is 11.9 Å². The first-order valence-electron chi connectivity index (χ1n) is 23.4. The Kier molecular flexibility index (Phi) is 45.7. The zero-order valence-corrected chi connectivity index (χ0v) is 38.2. The molecule has 0 rings (SSSR count). The van der Waals surface area contributed by atoms with Gasteiger partial charge in [0.15, 0.2) is 6.10 Å². The van der Waals surface area contributed by atoms with Gasteiger partial charge in [-0.15, -0.1) is 0 Å². The molecule has 60 heavy (non-hydrogen) atoms. The molecule has 1 atom stereocenters. The van der Waals surface area contributed by atoms with E-state index in [1.165, 1.54) is 0 Å². The standard InChI is InChI=1S/C55H84O5/c1-4-7-10-13-16-19-22-25-27-28-29-31-33-36-39-42-45-48-54(56)59-52-53(51-58-50-47-44-41-38-35-32-26-23-20-17-14-11-8-5-2)60-55(57)49-46-43-40-37-34-30-24-21-18-15-12-9-6-3/h7-12,16-21,25-27,29-32,34,38,40-41,43,53H,4-6,13-15,22-24,28,33,35-37,39,42,44-52H2,1-3H3/b10-7-,11-8-,12-9-,19-16-,20-17-,21-18-,27-25-,31-29-,32-26-,34-30-,41-38-,43-40-. The van der Waals surface area contributed by atoms with E-state index >= 15 is 0 Å². The van der Waals surface area contributed by atoms with Crippen LogP contribution in [0.2, 0.25) is 0 Å². The number of unbranched alkanes of at least 4 members (excludes halogenated alkanes) is 5. The summed E-state index contributed by atoms with van der Waals surface area (Å²) in [5.41, 5.74) is 0. The molecule has 334 valence electrons. The highest BCUT2D eigenvalue weighted by atomic mass is 16.6. The summed E-state index contributed by atoms with van der Waals surface area (Å²) in [5, 5.41) is 0. The minimum Gasteiger partial charge on any atom is -0.462 e. The fourth-order valence-electron chi connectivity index (χ4n) is 5.52. The lowest BCUT2D eigenvalue weighted by Crippen LogP contribution is -2.30. The zero-order valence-electron chi connectivity index (χ0n) is 38.2. The van der Waals surface area contributed by atoms with Gasteiger partial charge in [0.05, 0.1) is 6.61 Å². The molecule has 0 radical (unpaired) electrons. The van der Waals surface area contributed by atoms with Crippen LogP contribution in [0.25, 0.3) is 0 Å². The molecule has 0 aromatic carbocycles. The average molecular weight is 825 g/mol. The zero-order chi connectivity index (χ0) is 43.5. The maximum Gasteiger partial charge on any atom is 0.306 e. The van der Waals surface area contributed by atoms with E-state index in [4.69, 9.17) is 14.2 Å². The van der Waals surface area contributed by atoms with Crippen LogP contribution in [0.4, 0.5) is 0 Å². The van der Waals surface area contributed by atoms with Crippen molar-refractivity contribution in [2.75, 3.05) is 19.8 Å². The van der Waals surface area contributed by atoms with E-state index in [0.29, 0.717) is 19.4 Å². The fraction of sp³-hybridized carbons (Fsp3) is 0.527. The fourth-order valence-corrected chi connectivity index (χ4v) is 5.52. The summed E-state index contributed by atoms with van der Waals surface area (Å²) in [5.74, 6) is -0.565. The molecule has 0 heterocycles. The summed E-state index contributed by atoms with van der Waals surface area (Å²) in [6, 6.07) is 0. The van der Waals surface area contributed by atoms with Crippen molar-refractivity contribution in [3.8, 4) is 0 Å². The van der Waals surface area contributed by atoms with Gasteiger partial charge in [0.2, 0.25) is 0 Å². The number of esters is 2. The Morgan fingerprint density at radius 1 is 0.367 bits per heavy atom. The van der Waals surface area contributed by atoms with Crippen LogP contribution in [0, 0.1) is 0 Å². The summed E-state index contributed by atoms with van der Waals surface area (Å²) in [6.07, 6.45) is 71.6. The minimum atomic E-state index is -0.623. The van der Waals surface area contributed by atoms with E-state index in [-0.39, 0.29) is 31.6 Å². The Morgan fingerprint density at radius 3 is 1.17 bits per heavy atom. The number of carbonyl (C=O) groups is 2. The van der Waals surface area contributed by atoms with Crippen LogP contribution >= 0.6 is 0 Å². The van der Waals surface area contributed by atoms with E-state index in [0.717, 1.165) is 122 Å². The van der Waals surface area contributed by atoms with Gasteiger partial charge in [0, 0.05) is 19.4 Å². The Labute approximate surface area is 368 Å². The number of hydrogen-bond donors (Lipinski definition) is 0. The van der Waals surface area contributed by atoms with Gasteiger partial charge in [0.1, 0.15) is 6.61 Å². The molecule has 0 amide bonds.